The molecule has 0 atom stereocenters. The van der Waals surface area contributed by atoms with Crippen LogP contribution in [0.5, 0.6) is 5.75 Å². The van der Waals surface area contributed by atoms with Gasteiger partial charge in [-0.25, -0.2) is 4.79 Å². The quantitative estimate of drug-likeness (QED) is 0.875. The Morgan fingerprint density at radius 1 is 1.28 bits per heavy atom. The Morgan fingerprint density at radius 2 is 2.00 bits per heavy atom. The van der Waals surface area contributed by atoms with E-state index in [4.69, 9.17) is 4.74 Å². The van der Waals surface area contributed by atoms with Crippen molar-refractivity contribution in [3.05, 3.63) is 24.0 Å². The highest BCUT2D eigenvalue weighted by molar-refractivity contribution is 5.74. The zero-order chi connectivity index (χ0) is 17.9. The van der Waals surface area contributed by atoms with Crippen LogP contribution in [0.25, 0.3) is 0 Å². The maximum absolute atomic E-state index is 12.3. The summed E-state index contributed by atoms with van der Waals surface area (Å²) in [4.78, 5) is 20.2. The van der Waals surface area contributed by atoms with E-state index in [1.165, 1.54) is 31.3 Å². The molecule has 1 aromatic rings. The van der Waals surface area contributed by atoms with Crippen LogP contribution in [0.4, 0.5) is 18.0 Å². The van der Waals surface area contributed by atoms with Crippen molar-refractivity contribution in [3.8, 4) is 5.75 Å². The van der Waals surface area contributed by atoms with Crippen molar-refractivity contribution in [3.63, 3.8) is 0 Å². The molecule has 2 amide bonds. The lowest BCUT2D eigenvalue weighted by Crippen LogP contribution is -2.52. The van der Waals surface area contributed by atoms with Crippen LogP contribution in [0.15, 0.2) is 18.5 Å². The highest BCUT2D eigenvalue weighted by Gasteiger charge is 2.32. The van der Waals surface area contributed by atoms with E-state index in [0.29, 0.717) is 24.7 Å². The third-order valence-electron chi connectivity index (χ3n) is 4.36. The second kappa shape index (κ2) is 7.47. The minimum atomic E-state index is -4.42. The number of halogens is 3. The topological polar surface area (TPSA) is 57.7 Å². The number of pyridine rings is 1. The second-order valence-electron chi connectivity index (χ2n) is 6.30. The van der Waals surface area contributed by atoms with Gasteiger partial charge >= 0.3 is 12.2 Å². The minimum Gasteiger partial charge on any atom is -0.482 e. The Morgan fingerprint density at radius 3 is 2.64 bits per heavy atom. The molecule has 25 heavy (non-hydrogen) atoms. The number of nitrogens with zero attached hydrogens (tertiary/aromatic N) is 3. The number of nitrogens with one attached hydrogen (secondary N) is 1. The lowest BCUT2D eigenvalue weighted by atomic mass is 10.2. The lowest BCUT2D eigenvalue weighted by molar-refractivity contribution is -0.153. The smallest absolute Gasteiger partial charge is 0.422 e. The van der Waals surface area contributed by atoms with Gasteiger partial charge in [0.05, 0.1) is 6.20 Å². The van der Waals surface area contributed by atoms with Gasteiger partial charge in [0.25, 0.3) is 0 Å². The van der Waals surface area contributed by atoms with Gasteiger partial charge in [-0.1, -0.05) is 0 Å². The minimum absolute atomic E-state index is 0.0266. The van der Waals surface area contributed by atoms with Gasteiger partial charge in [-0.05, 0) is 18.9 Å². The Kier molecular flexibility index (Phi) is 5.31. The molecule has 6 nitrogen and oxygen atoms in total. The molecule has 0 bridgehead atoms. The number of carbonyl (C=O) groups is 1. The van der Waals surface area contributed by atoms with Crippen LogP contribution in [0.1, 0.15) is 18.4 Å². The monoisotopic (exact) mass is 358 g/mol. The summed E-state index contributed by atoms with van der Waals surface area (Å²) in [5, 5.41) is 2.75. The molecule has 3 rings (SSSR count). The van der Waals surface area contributed by atoms with Crippen molar-refractivity contribution < 1.29 is 22.7 Å². The molecular formula is C16H21F3N4O2. The summed E-state index contributed by atoms with van der Waals surface area (Å²) in [7, 11) is 0. The van der Waals surface area contributed by atoms with Crippen molar-refractivity contribution in [2.45, 2.75) is 31.6 Å². The molecule has 0 radical (unpaired) electrons. The van der Waals surface area contributed by atoms with Crippen LogP contribution in [-0.4, -0.2) is 65.8 Å². The summed E-state index contributed by atoms with van der Waals surface area (Å²) in [5.41, 5.74) is 0.462. The van der Waals surface area contributed by atoms with E-state index >= 15 is 0 Å². The number of ether oxygens (including phenoxy) is 1. The number of carbonyl (C=O) groups excluding carboxylic acids is 1. The molecule has 0 unspecified atom stereocenters. The molecule has 1 aliphatic carbocycles. The zero-order valence-corrected chi connectivity index (χ0v) is 13.8. The predicted octanol–water partition coefficient (Wildman–Crippen LogP) is 2.01. The molecule has 138 valence electrons. The fraction of sp³-hybridized carbons (Fsp3) is 0.625. The van der Waals surface area contributed by atoms with Gasteiger partial charge in [-0.2, -0.15) is 13.2 Å². The Labute approximate surface area is 143 Å². The Hall–Kier alpha value is -2.03. The summed E-state index contributed by atoms with van der Waals surface area (Å²) >= 11 is 0. The van der Waals surface area contributed by atoms with Gasteiger partial charge < -0.3 is 15.0 Å². The van der Waals surface area contributed by atoms with E-state index in [0.717, 1.165) is 13.1 Å². The number of hydrogen-bond donors (Lipinski definition) is 1. The first kappa shape index (κ1) is 17.8. The summed E-state index contributed by atoms with van der Waals surface area (Å²) in [6.07, 6.45) is 0.749. The number of alkyl halides is 3. The first-order chi connectivity index (χ1) is 11.9. The van der Waals surface area contributed by atoms with Crippen molar-refractivity contribution in [1.82, 2.24) is 20.1 Å². The maximum atomic E-state index is 12.3. The number of amides is 2. The third-order valence-corrected chi connectivity index (χ3v) is 4.36. The van der Waals surface area contributed by atoms with E-state index in [2.05, 4.69) is 15.2 Å². The van der Waals surface area contributed by atoms with Gasteiger partial charge in [0.1, 0.15) is 5.75 Å². The first-order valence-corrected chi connectivity index (χ1v) is 8.31. The van der Waals surface area contributed by atoms with E-state index in [1.54, 1.807) is 4.90 Å². The van der Waals surface area contributed by atoms with Crippen molar-refractivity contribution in [2.24, 2.45) is 0 Å². The zero-order valence-electron chi connectivity index (χ0n) is 13.8. The standard InChI is InChI=1S/C16H21F3N4O2/c17-16(18,19)11-25-14-10-20-4-3-12(14)9-21-15(24)23-7-5-22(6-8-23)13-1-2-13/h3-4,10,13H,1-2,5-9,11H2,(H,21,24). The van der Waals surface area contributed by atoms with E-state index in [-0.39, 0.29) is 18.3 Å². The Balaban J connectivity index is 1.48. The van der Waals surface area contributed by atoms with Gasteiger partial charge in [0.15, 0.2) is 6.61 Å². The summed E-state index contributed by atoms with van der Waals surface area (Å²) in [6.45, 7) is 1.77. The van der Waals surface area contributed by atoms with Gasteiger partial charge in [0, 0.05) is 50.5 Å². The van der Waals surface area contributed by atoms with Crippen LogP contribution in [0.2, 0.25) is 0 Å². The van der Waals surface area contributed by atoms with Gasteiger partial charge in [-0.15, -0.1) is 0 Å². The number of urea groups is 1. The predicted molar refractivity (Wildman–Crippen MR) is 84.2 cm³/mol. The van der Waals surface area contributed by atoms with Crippen LogP contribution in [0.3, 0.4) is 0 Å². The number of rotatable bonds is 5. The lowest BCUT2D eigenvalue weighted by Gasteiger charge is -2.34. The molecule has 9 heteroatoms. The molecule has 2 fully saturated rings. The maximum Gasteiger partial charge on any atom is 0.422 e. The molecule has 1 aliphatic heterocycles. The first-order valence-electron chi connectivity index (χ1n) is 8.31. The molecule has 0 spiro atoms. The summed E-state index contributed by atoms with van der Waals surface area (Å²) in [6, 6.07) is 2.02. The number of piperazine rings is 1. The molecule has 2 aliphatic rings. The van der Waals surface area contributed by atoms with Crippen molar-refractivity contribution in [1.29, 1.82) is 0 Å². The highest BCUT2D eigenvalue weighted by atomic mass is 19.4. The van der Waals surface area contributed by atoms with Crippen LogP contribution in [0, 0.1) is 0 Å². The largest absolute Gasteiger partial charge is 0.482 e. The average molecular weight is 358 g/mol. The fourth-order valence-corrected chi connectivity index (χ4v) is 2.86. The summed E-state index contributed by atoms with van der Waals surface area (Å²) in [5.74, 6) is 0.0266. The van der Waals surface area contributed by atoms with Crippen LogP contribution < -0.4 is 10.1 Å². The third kappa shape index (κ3) is 5.22. The molecule has 1 N–H and O–H groups in total. The summed E-state index contributed by atoms with van der Waals surface area (Å²) < 4.78 is 41.7. The molecule has 1 saturated heterocycles. The highest BCUT2D eigenvalue weighted by Crippen LogP contribution is 2.27. The van der Waals surface area contributed by atoms with Gasteiger partial charge in [0.2, 0.25) is 0 Å². The molecular weight excluding hydrogens is 337 g/mol. The second-order valence-corrected chi connectivity index (χ2v) is 6.30. The molecule has 0 aromatic carbocycles. The number of hydrogen-bond acceptors (Lipinski definition) is 4. The average Bonchev–Trinajstić information content (AvgIpc) is 3.43. The van der Waals surface area contributed by atoms with E-state index in [9.17, 15) is 18.0 Å². The van der Waals surface area contributed by atoms with Crippen LogP contribution >= 0.6 is 0 Å². The normalized spacial score (nSPS) is 18.9. The van der Waals surface area contributed by atoms with Crippen molar-refractivity contribution in [2.75, 3.05) is 32.8 Å². The van der Waals surface area contributed by atoms with E-state index < -0.39 is 12.8 Å². The van der Waals surface area contributed by atoms with Crippen LogP contribution in [-0.2, 0) is 6.54 Å². The fourth-order valence-electron chi connectivity index (χ4n) is 2.86. The SMILES string of the molecule is O=C(NCc1ccncc1OCC(F)(F)F)N1CCN(C2CC2)CC1. The number of aromatic nitrogens is 1. The van der Waals surface area contributed by atoms with E-state index in [1.807, 2.05) is 0 Å². The molecule has 1 saturated carbocycles. The van der Waals surface area contributed by atoms with Gasteiger partial charge in [-0.3, -0.25) is 9.88 Å². The molecule has 1 aromatic heterocycles. The Bertz CT molecular complexity index is 599. The van der Waals surface area contributed by atoms with Crippen molar-refractivity contribution >= 4 is 6.03 Å². The molecule has 2 heterocycles.